The Labute approximate surface area is 124 Å². The first kappa shape index (κ1) is 17.3. The van der Waals surface area contributed by atoms with Crippen LogP contribution in [0.25, 0.3) is 0 Å². The van der Waals surface area contributed by atoms with Gasteiger partial charge in [-0.15, -0.1) is 0 Å². The third-order valence-corrected chi connectivity index (χ3v) is 2.81. The smallest absolute Gasteiger partial charge is 0.410 e. The summed E-state index contributed by atoms with van der Waals surface area (Å²) in [4.78, 5) is 24.3. The van der Waals surface area contributed by atoms with Gasteiger partial charge in [0, 0.05) is 6.54 Å². The molecule has 0 aromatic rings. The predicted molar refractivity (Wildman–Crippen MR) is 76.9 cm³/mol. The topological polar surface area (TPSA) is 88.1 Å². The molecule has 1 saturated heterocycles. The predicted octanol–water partition coefficient (Wildman–Crippen LogP) is 1.27. The molecule has 2 amide bonds. The van der Waals surface area contributed by atoms with Crippen molar-refractivity contribution in [3.05, 3.63) is 12.7 Å². The van der Waals surface area contributed by atoms with Crippen LogP contribution in [0.3, 0.4) is 0 Å². The Kier molecular flexibility index (Phi) is 5.60. The third-order valence-electron chi connectivity index (χ3n) is 2.81. The van der Waals surface area contributed by atoms with E-state index in [1.165, 1.54) is 11.0 Å². The number of alkyl carbamates (subject to hydrolysis) is 1. The van der Waals surface area contributed by atoms with Gasteiger partial charge in [-0.1, -0.05) is 12.7 Å². The molecule has 0 aromatic heterocycles. The molecule has 0 spiro atoms. The van der Waals surface area contributed by atoms with Gasteiger partial charge in [-0.3, -0.25) is 0 Å². The molecule has 2 N–H and O–H groups in total. The molecular formula is C14H24N2O5. The Morgan fingerprint density at radius 2 is 2.05 bits per heavy atom. The minimum absolute atomic E-state index is 0.141. The van der Waals surface area contributed by atoms with E-state index in [0.29, 0.717) is 6.42 Å². The summed E-state index contributed by atoms with van der Waals surface area (Å²) >= 11 is 0. The second kappa shape index (κ2) is 6.80. The highest BCUT2D eigenvalue weighted by molar-refractivity contribution is 5.69. The Morgan fingerprint density at radius 1 is 1.43 bits per heavy atom. The molecule has 1 aliphatic rings. The molecule has 0 aromatic carbocycles. The second-order valence-corrected chi connectivity index (χ2v) is 6.12. The summed E-state index contributed by atoms with van der Waals surface area (Å²) in [6, 6.07) is 0. The molecule has 7 heteroatoms. The second-order valence-electron chi connectivity index (χ2n) is 6.12. The van der Waals surface area contributed by atoms with Crippen LogP contribution in [0, 0.1) is 0 Å². The van der Waals surface area contributed by atoms with Crippen LogP contribution in [0.2, 0.25) is 0 Å². The molecule has 0 bridgehead atoms. The van der Waals surface area contributed by atoms with E-state index < -0.39 is 23.4 Å². The van der Waals surface area contributed by atoms with E-state index in [4.69, 9.17) is 9.47 Å². The van der Waals surface area contributed by atoms with Crippen molar-refractivity contribution >= 4 is 12.2 Å². The first-order chi connectivity index (χ1) is 9.65. The molecule has 0 saturated carbocycles. The first-order valence-electron chi connectivity index (χ1n) is 6.87. The zero-order chi connectivity index (χ0) is 16.1. The van der Waals surface area contributed by atoms with Gasteiger partial charge in [0.15, 0.2) is 0 Å². The Bertz CT molecular complexity index is 397. The minimum atomic E-state index is -0.984. The quantitative estimate of drug-likeness (QED) is 0.747. The van der Waals surface area contributed by atoms with Crippen molar-refractivity contribution in [2.75, 3.05) is 26.2 Å². The highest BCUT2D eigenvalue weighted by Gasteiger charge is 2.44. The van der Waals surface area contributed by atoms with Gasteiger partial charge >= 0.3 is 12.2 Å². The SMILES string of the molecule is C=CCOC(=O)NCCC1(O)CN(C(=O)OC(C)(C)C)C1. The van der Waals surface area contributed by atoms with Crippen LogP contribution in [0.5, 0.6) is 0 Å². The number of carbonyl (C=O) groups excluding carboxylic acids is 2. The number of nitrogens with zero attached hydrogens (tertiary/aromatic N) is 1. The molecule has 7 nitrogen and oxygen atoms in total. The lowest BCUT2D eigenvalue weighted by Gasteiger charge is -2.46. The molecule has 0 aliphatic carbocycles. The lowest BCUT2D eigenvalue weighted by molar-refractivity contribution is -0.101. The zero-order valence-electron chi connectivity index (χ0n) is 12.8. The van der Waals surface area contributed by atoms with Crippen molar-refractivity contribution in [1.29, 1.82) is 0 Å². The molecule has 1 aliphatic heterocycles. The maximum atomic E-state index is 11.7. The van der Waals surface area contributed by atoms with Gasteiger partial charge in [0.1, 0.15) is 17.8 Å². The lowest BCUT2D eigenvalue weighted by atomic mass is 9.91. The van der Waals surface area contributed by atoms with Gasteiger partial charge in [-0.2, -0.15) is 0 Å². The lowest BCUT2D eigenvalue weighted by Crippen LogP contribution is -2.64. The summed E-state index contributed by atoms with van der Waals surface area (Å²) < 4.78 is 9.94. The van der Waals surface area contributed by atoms with Crippen molar-refractivity contribution in [2.24, 2.45) is 0 Å². The molecule has 0 atom stereocenters. The standard InChI is InChI=1S/C14H24N2O5/c1-5-8-20-11(17)15-7-6-14(19)9-16(10-14)12(18)21-13(2,3)4/h5,19H,1,6-10H2,2-4H3,(H,15,17). The van der Waals surface area contributed by atoms with E-state index >= 15 is 0 Å². The molecule has 0 radical (unpaired) electrons. The fourth-order valence-corrected chi connectivity index (χ4v) is 1.86. The Hall–Kier alpha value is -1.76. The van der Waals surface area contributed by atoms with Crippen molar-refractivity contribution in [1.82, 2.24) is 10.2 Å². The van der Waals surface area contributed by atoms with Crippen LogP contribution in [-0.4, -0.2) is 59.6 Å². The number of aliphatic hydroxyl groups is 1. The van der Waals surface area contributed by atoms with Crippen LogP contribution in [0.1, 0.15) is 27.2 Å². The number of carbonyl (C=O) groups is 2. The number of ether oxygens (including phenoxy) is 2. The summed E-state index contributed by atoms with van der Waals surface area (Å²) in [6.45, 7) is 9.61. The number of rotatable bonds is 5. The maximum Gasteiger partial charge on any atom is 0.410 e. The largest absolute Gasteiger partial charge is 0.445 e. The van der Waals surface area contributed by atoms with Gasteiger partial charge < -0.3 is 24.8 Å². The average molecular weight is 300 g/mol. The summed E-state index contributed by atoms with van der Waals surface area (Å²) in [7, 11) is 0. The van der Waals surface area contributed by atoms with Crippen molar-refractivity contribution in [2.45, 2.75) is 38.4 Å². The number of likely N-dealkylation sites (tertiary alicyclic amines) is 1. The van der Waals surface area contributed by atoms with E-state index in [2.05, 4.69) is 11.9 Å². The minimum Gasteiger partial charge on any atom is -0.445 e. The van der Waals surface area contributed by atoms with Crippen LogP contribution in [0.15, 0.2) is 12.7 Å². The Morgan fingerprint density at radius 3 is 2.57 bits per heavy atom. The number of β-amino-alcohol motifs (C(OH)–C–C–N with tert-alkyl or cyclic N) is 1. The highest BCUT2D eigenvalue weighted by Crippen LogP contribution is 2.25. The van der Waals surface area contributed by atoms with Crippen LogP contribution >= 0.6 is 0 Å². The molecule has 120 valence electrons. The summed E-state index contributed by atoms with van der Waals surface area (Å²) in [5, 5.41) is 12.7. The van der Waals surface area contributed by atoms with Crippen LogP contribution in [0.4, 0.5) is 9.59 Å². The molecule has 1 heterocycles. The van der Waals surface area contributed by atoms with Crippen molar-refractivity contribution < 1.29 is 24.2 Å². The molecule has 21 heavy (non-hydrogen) atoms. The van der Waals surface area contributed by atoms with E-state index in [9.17, 15) is 14.7 Å². The number of hydrogen-bond donors (Lipinski definition) is 2. The first-order valence-corrected chi connectivity index (χ1v) is 6.87. The zero-order valence-corrected chi connectivity index (χ0v) is 12.8. The fraction of sp³-hybridized carbons (Fsp3) is 0.714. The number of nitrogens with one attached hydrogen (secondary N) is 1. The van der Waals surface area contributed by atoms with Gasteiger partial charge in [-0.05, 0) is 27.2 Å². The van der Waals surface area contributed by atoms with Crippen LogP contribution < -0.4 is 5.32 Å². The van der Waals surface area contributed by atoms with E-state index in [1.54, 1.807) is 20.8 Å². The normalized spacial score (nSPS) is 16.7. The fourth-order valence-electron chi connectivity index (χ4n) is 1.86. The van der Waals surface area contributed by atoms with Crippen molar-refractivity contribution in [3.63, 3.8) is 0 Å². The highest BCUT2D eigenvalue weighted by atomic mass is 16.6. The van der Waals surface area contributed by atoms with E-state index in [0.717, 1.165) is 0 Å². The molecule has 1 fully saturated rings. The molecule has 1 rings (SSSR count). The Balaban J connectivity index is 2.23. The number of hydrogen-bond acceptors (Lipinski definition) is 5. The van der Waals surface area contributed by atoms with Gasteiger partial charge in [0.2, 0.25) is 0 Å². The third kappa shape index (κ3) is 6.03. The molecular weight excluding hydrogens is 276 g/mol. The van der Waals surface area contributed by atoms with Gasteiger partial charge in [0.25, 0.3) is 0 Å². The van der Waals surface area contributed by atoms with Crippen molar-refractivity contribution in [3.8, 4) is 0 Å². The van der Waals surface area contributed by atoms with E-state index in [1.807, 2.05) is 0 Å². The summed E-state index contributed by atoms with van der Waals surface area (Å²) in [5.41, 5.74) is -1.54. The summed E-state index contributed by atoms with van der Waals surface area (Å²) in [6.07, 6.45) is 0.820. The summed E-state index contributed by atoms with van der Waals surface area (Å²) in [5.74, 6) is 0. The number of amides is 2. The average Bonchev–Trinajstić information content (AvgIpc) is 2.30. The van der Waals surface area contributed by atoms with Gasteiger partial charge in [0.05, 0.1) is 13.1 Å². The monoisotopic (exact) mass is 300 g/mol. The van der Waals surface area contributed by atoms with Gasteiger partial charge in [-0.25, -0.2) is 9.59 Å². The molecule has 0 unspecified atom stereocenters. The van der Waals surface area contributed by atoms with E-state index in [-0.39, 0.29) is 26.2 Å². The van der Waals surface area contributed by atoms with Crippen LogP contribution in [-0.2, 0) is 9.47 Å². The maximum absolute atomic E-state index is 11.7.